The number of esters is 1. The first-order valence-electron chi connectivity index (χ1n) is 5.59. The standard InChI is InChI=1S/C11H21NO5/c1-7(5-4-6-8(13)14)10(15)9(12-2)11(16)17-3/h7,9-10,12,15H,4-6H2,1-3H3,(H,13,14)/t7-,9+,10-/m1/s1. The van der Waals surface area contributed by atoms with Gasteiger partial charge in [0.2, 0.25) is 0 Å². The smallest absolute Gasteiger partial charge is 0.325 e. The van der Waals surface area contributed by atoms with Gasteiger partial charge in [0.25, 0.3) is 0 Å². The van der Waals surface area contributed by atoms with Gasteiger partial charge in [-0.15, -0.1) is 0 Å². The van der Waals surface area contributed by atoms with E-state index in [1.807, 2.05) is 0 Å². The second-order valence-electron chi connectivity index (χ2n) is 4.04. The highest BCUT2D eigenvalue weighted by Crippen LogP contribution is 2.15. The molecule has 0 aromatic heterocycles. The number of ether oxygens (including phenoxy) is 1. The van der Waals surface area contributed by atoms with E-state index in [0.29, 0.717) is 12.8 Å². The number of aliphatic carboxylic acids is 1. The Morgan fingerprint density at radius 2 is 2.00 bits per heavy atom. The summed E-state index contributed by atoms with van der Waals surface area (Å²) in [4.78, 5) is 21.7. The van der Waals surface area contributed by atoms with Gasteiger partial charge in [0.1, 0.15) is 6.04 Å². The van der Waals surface area contributed by atoms with Crippen molar-refractivity contribution in [3.8, 4) is 0 Å². The first kappa shape index (κ1) is 15.9. The van der Waals surface area contributed by atoms with E-state index in [1.54, 1.807) is 14.0 Å². The van der Waals surface area contributed by atoms with Crippen LogP contribution in [0.1, 0.15) is 26.2 Å². The van der Waals surface area contributed by atoms with Crippen molar-refractivity contribution < 1.29 is 24.5 Å². The second kappa shape index (κ2) is 8.03. The van der Waals surface area contributed by atoms with Gasteiger partial charge >= 0.3 is 11.9 Å². The molecular formula is C11H21NO5. The number of carbonyl (C=O) groups excluding carboxylic acids is 1. The van der Waals surface area contributed by atoms with Crippen LogP contribution in [0.25, 0.3) is 0 Å². The molecule has 0 amide bonds. The summed E-state index contributed by atoms with van der Waals surface area (Å²) in [6, 6.07) is -0.778. The number of carbonyl (C=O) groups is 2. The van der Waals surface area contributed by atoms with Crippen LogP contribution in [0.5, 0.6) is 0 Å². The van der Waals surface area contributed by atoms with E-state index in [9.17, 15) is 14.7 Å². The number of carboxylic acid groups (broad SMARTS) is 1. The third-order valence-corrected chi connectivity index (χ3v) is 2.74. The minimum absolute atomic E-state index is 0.0690. The molecule has 6 nitrogen and oxygen atoms in total. The second-order valence-corrected chi connectivity index (χ2v) is 4.04. The van der Waals surface area contributed by atoms with E-state index in [1.165, 1.54) is 7.11 Å². The number of hydrogen-bond donors (Lipinski definition) is 3. The number of rotatable bonds is 8. The lowest BCUT2D eigenvalue weighted by atomic mass is 9.93. The third kappa shape index (κ3) is 5.65. The van der Waals surface area contributed by atoms with Crippen LogP contribution in [0.3, 0.4) is 0 Å². The normalized spacial score (nSPS) is 16.0. The van der Waals surface area contributed by atoms with Crippen molar-refractivity contribution in [2.24, 2.45) is 5.92 Å². The molecule has 0 saturated heterocycles. The molecule has 3 atom stereocenters. The number of likely N-dealkylation sites (N-methyl/N-ethyl adjacent to an activating group) is 1. The Balaban J connectivity index is 4.21. The van der Waals surface area contributed by atoms with E-state index in [4.69, 9.17) is 5.11 Å². The van der Waals surface area contributed by atoms with Crippen LogP contribution >= 0.6 is 0 Å². The molecule has 0 aliphatic carbocycles. The number of aliphatic hydroxyl groups is 1. The lowest BCUT2D eigenvalue weighted by molar-refractivity contribution is -0.147. The summed E-state index contributed by atoms with van der Waals surface area (Å²) in [5.74, 6) is -1.55. The van der Waals surface area contributed by atoms with E-state index in [-0.39, 0.29) is 12.3 Å². The summed E-state index contributed by atoms with van der Waals surface area (Å²) < 4.78 is 4.56. The molecule has 0 aliphatic heterocycles. The van der Waals surface area contributed by atoms with Gasteiger partial charge in [-0.25, -0.2) is 0 Å². The molecule has 0 aromatic carbocycles. The van der Waals surface area contributed by atoms with Crippen LogP contribution in [0.15, 0.2) is 0 Å². The highest BCUT2D eigenvalue weighted by molar-refractivity contribution is 5.76. The molecule has 3 N–H and O–H groups in total. The molecule has 0 radical (unpaired) electrons. The van der Waals surface area contributed by atoms with Crippen LogP contribution in [-0.2, 0) is 14.3 Å². The Bertz CT molecular complexity index is 256. The van der Waals surface area contributed by atoms with E-state index in [0.717, 1.165) is 0 Å². The fraction of sp³-hybridized carbons (Fsp3) is 0.818. The lowest BCUT2D eigenvalue weighted by Gasteiger charge is -2.25. The number of carboxylic acids is 1. The van der Waals surface area contributed by atoms with Crippen LogP contribution in [0, 0.1) is 5.92 Å². The number of methoxy groups -OCH3 is 1. The third-order valence-electron chi connectivity index (χ3n) is 2.74. The lowest BCUT2D eigenvalue weighted by Crippen LogP contribution is -2.47. The Morgan fingerprint density at radius 3 is 2.41 bits per heavy atom. The van der Waals surface area contributed by atoms with Crippen molar-refractivity contribution >= 4 is 11.9 Å². The Morgan fingerprint density at radius 1 is 1.41 bits per heavy atom. The zero-order chi connectivity index (χ0) is 13.4. The van der Waals surface area contributed by atoms with E-state index < -0.39 is 24.1 Å². The molecule has 0 aromatic rings. The van der Waals surface area contributed by atoms with Gasteiger partial charge in [0.05, 0.1) is 13.2 Å². The van der Waals surface area contributed by atoms with E-state index in [2.05, 4.69) is 10.1 Å². The molecule has 100 valence electrons. The van der Waals surface area contributed by atoms with Crippen molar-refractivity contribution in [3.63, 3.8) is 0 Å². The molecule has 0 unspecified atom stereocenters. The van der Waals surface area contributed by atoms with Gasteiger partial charge in [-0.3, -0.25) is 9.59 Å². The summed E-state index contributed by atoms with van der Waals surface area (Å²) in [5.41, 5.74) is 0. The highest BCUT2D eigenvalue weighted by Gasteiger charge is 2.29. The molecule has 0 aliphatic rings. The van der Waals surface area contributed by atoms with Crippen molar-refractivity contribution in [2.75, 3.05) is 14.2 Å². The topological polar surface area (TPSA) is 95.9 Å². The highest BCUT2D eigenvalue weighted by atomic mass is 16.5. The molecule has 6 heteroatoms. The van der Waals surface area contributed by atoms with Crippen molar-refractivity contribution in [2.45, 2.75) is 38.3 Å². The summed E-state index contributed by atoms with van der Waals surface area (Å²) in [7, 11) is 2.82. The van der Waals surface area contributed by atoms with Crippen molar-refractivity contribution in [1.29, 1.82) is 0 Å². The Labute approximate surface area is 101 Å². The fourth-order valence-corrected chi connectivity index (χ4v) is 1.63. The minimum atomic E-state index is -0.888. The molecule has 17 heavy (non-hydrogen) atoms. The molecule has 0 rings (SSSR count). The Hall–Kier alpha value is -1.14. The van der Waals surface area contributed by atoms with Gasteiger partial charge in [-0.1, -0.05) is 6.92 Å². The van der Waals surface area contributed by atoms with Crippen LogP contribution in [0.2, 0.25) is 0 Å². The largest absolute Gasteiger partial charge is 0.481 e. The first-order valence-corrected chi connectivity index (χ1v) is 5.59. The molecule has 0 bridgehead atoms. The summed E-state index contributed by atoms with van der Waals surface area (Å²) >= 11 is 0. The summed E-state index contributed by atoms with van der Waals surface area (Å²) in [5, 5.41) is 21.1. The van der Waals surface area contributed by atoms with Crippen molar-refractivity contribution in [3.05, 3.63) is 0 Å². The zero-order valence-corrected chi connectivity index (χ0v) is 10.5. The molecular weight excluding hydrogens is 226 g/mol. The molecule has 0 fully saturated rings. The fourth-order valence-electron chi connectivity index (χ4n) is 1.63. The van der Waals surface area contributed by atoms with Gasteiger partial charge < -0.3 is 20.3 Å². The predicted molar refractivity (Wildman–Crippen MR) is 61.5 cm³/mol. The van der Waals surface area contributed by atoms with Crippen LogP contribution < -0.4 is 5.32 Å². The average Bonchev–Trinajstić information content (AvgIpc) is 2.28. The maximum Gasteiger partial charge on any atom is 0.325 e. The average molecular weight is 247 g/mol. The van der Waals surface area contributed by atoms with Crippen LogP contribution in [0.4, 0.5) is 0 Å². The van der Waals surface area contributed by atoms with Crippen molar-refractivity contribution in [1.82, 2.24) is 5.32 Å². The van der Waals surface area contributed by atoms with Gasteiger partial charge in [0, 0.05) is 6.42 Å². The SMILES string of the molecule is CN[C@H](C(=O)OC)[C@H](O)[C@H](C)CCCC(=O)O. The number of aliphatic hydroxyl groups excluding tert-OH is 1. The maximum atomic E-state index is 11.3. The van der Waals surface area contributed by atoms with Gasteiger partial charge in [-0.2, -0.15) is 0 Å². The molecule has 0 spiro atoms. The van der Waals surface area contributed by atoms with Gasteiger partial charge in [-0.05, 0) is 25.8 Å². The monoisotopic (exact) mass is 247 g/mol. The molecule has 0 saturated carbocycles. The predicted octanol–water partition coefficient (Wildman–Crippen LogP) is -0.000700. The quantitative estimate of drug-likeness (QED) is 0.522. The number of hydrogen-bond acceptors (Lipinski definition) is 5. The minimum Gasteiger partial charge on any atom is -0.481 e. The first-order chi connectivity index (χ1) is 7.93. The van der Waals surface area contributed by atoms with Gasteiger partial charge in [0.15, 0.2) is 0 Å². The maximum absolute atomic E-state index is 11.3. The van der Waals surface area contributed by atoms with E-state index >= 15 is 0 Å². The summed E-state index contributed by atoms with van der Waals surface area (Å²) in [6.07, 6.45) is 0.203. The Kier molecular flexibility index (Phi) is 7.49. The zero-order valence-electron chi connectivity index (χ0n) is 10.5. The van der Waals surface area contributed by atoms with Crippen LogP contribution in [-0.4, -0.2) is 48.5 Å². The summed E-state index contributed by atoms with van der Waals surface area (Å²) in [6.45, 7) is 1.78. The number of nitrogens with one attached hydrogen (secondary N) is 1. The molecule has 0 heterocycles.